The van der Waals surface area contributed by atoms with Gasteiger partial charge in [0.15, 0.2) is 0 Å². The van der Waals surface area contributed by atoms with E-state index in [9.17, 15) is 31.9 Å². The Labute approximate surface area is 144 Å². The fraction of sp³-hybridized carbons (Fsp3) is 0.167. The smallest absolute Gasteiger partial charge is 0.416 e. The van der Waals surface area contributed by atoms with Crippen LogP contribution in [-0.4, -0.2) is 15.6 Å². The molecule has 8 heteroatoms. The average molecular weight is 369 g/mol. The maximum absolute atomic E-state index is 13.5. The van der Waals surface area contributed by atoms with E-state index in [0.29, 0.717) is 0 Å². The first-order chi connectivity index (χ1) is 12.2. The van der Waals surface area contributed by atoms with Crippen molar-refractivity contribution in [3.8, 4) is 0 Å². The molecule has 0 aliphatic carbocycles. The van der Waals surface area contributed by atoms with Crippen molar-refractivity contribution in [2.45, 2.75) is 19.1 Å². The minimum atomic E-state index is -4.56. The number of halogens is 5. The molecule has 0 bridgehead atoms. The van der Waals surface area contributed by atoms with Crippen LogP contribution in [-0.2, 0) is 12.7 Å². The summed E-state index contributed by atoms with van der Waals surface area (Å²) in [6, 6.07) is 10.2. The number of carbonyl (C=O) groups is 1. The zero-order chi connectivity index (χ0) is 19.1. The maximum atomic E-state index is 13.5. The molecule has 0 saturated carbocycles. The highest BCUT2D eigenvalue weighted by Gasteiger charge is 2.31. The quantitative estimate of drug-likeness (QED) is 0.631. The molecule has 1 heterocycles. The highest BCUT2D eigenvalue weighted by atomic mass is 19.4. The lowest BCUT2D eigenvalue weighted by Gasteiger charge is -2.12. The first-order valence-electron chi connectivity index (χ1n) is 7.49. The number of hydrogen-bond acceptors (Lipinski definition) is 1. The third-order valence-corrected chi connectivity index (χ3v) is 4.03. The van der Waals surface area contributed by atoms with Crippen molar-refractivity contribution >= 4 is 16.9 Å². The van der Waals surface area contributed by atoms with Crippen LogP contribution in [0.2, 0.25) is 0 Å². The molecule has 26 heavy (non-hydrogen) atoms. The minimum Gasteiger partial charge on any atom is -0.477 e. The third kappa shape index (κ3) is 3.14. The Morgan fingerprint density at radius 2 is 1.77 bits per heavy atom. The number of rotatable bonds is 4. The molecule has 0 aliphatic rings. The largest absolute Gasteiger partial charge is 0.477 e. The number of benzene rings is 2. The second-order valence-corrected chi connectivity index (χ2v) is 5.67. The number of hydrogen-bond donors (Lipinski definition) is 1. The molecular formula is C18H12F5NO2. The number of fused-ring (bicyclic) bond motifs is 1. The zero-order valence-corrected chi connectivity index (χ0v) is 13.1. The predicted octanol–water partition coefficient (Wildman–Crippen LogP) is 5.34. The molecule has 2 aromatic carbocycles. The van der Waals surface area contributed by atoms with Crippen LogP contribution >= 0.6 is 0 Å². The molecule has 136 valence electrons. The molecule has 0 saturated heterocycles. The molecule has 1 aromatic heterocycles. The maximum Gasteiger partial charge on any atom is 0.416 e. The molecule has 0 aliphatic heterocycles. The van der Waals surface area contributed by atoms with Crippen molar-refractivity contribution in [1.29, 1.82) is 0 Å². The van der Waals surface area contributed by atoms with Crippen LogP contribution in [0.3, 0.4) is 0 Å². The number of alkyl halides is 5. The van der Waals surface area contributed by atoms with E-state index in [0.717, 1.165) is 16.7 Å². The van der Waals surface area contributed by atoms with Crippen LogP contribution in [0, 0.1) is 0 Å². The van der Waals surface area contributed by atoms with Gasteiger partial charge in [0.1, 0.15) is 5.69 Å². The molecule has 3 nitrogen and oxygen atoms in total. The Balaban J connectivity index is 2.20. The first kappa shape index (κ1) is 17.9. The number of aromatic carboxylic acids is 1. The SMILES string of the molecule is O=C(O)c1c(C(F)F)c2ccccc2n1Cc1cccc(C(F)(F)F)c1. The van der Waals surface area contributed by atoms with Crippen molar-refractivity contribution in [2.75, 3.05) is 0 Å². The highest BCUT2D eigenvalue weighted by Crippen LogP contribution is 2.35. The normalized spacial score (nSPS) is 12.1. The molecule has 0 radical (unpaired) electrons. The van der Waals surface area contributed by atoms with Crippen molar-refractivity contribution in [3.05, 3.63) is 70.9 Å². The minimum absolute atomic E-state index is 0.0619. The Hall–Kier alpha value is -2.90. The van der Waals surface area contributed by atoms with Gasteiger partial charge in [-0.05, 0) is 23.8 Å². The number of para-hydroxylation sites is 1. The van der Waals surface area contributed by atoms with Crippen LogP contribution in [0.5, 0.6) is 0 Å². The van der Waals surface area contributed by atoms with Gasteiger partial charge in [-0.25, -0.2) is 13.6 Å². The van der Waals surface area contributed by atoms with Crippen molar-refractivity contribution in [3.63, 3.8) is 0 Å². The molecule has 1 N–H and O–H groups in total. The van der Waals surface area contributed by atoms with Crippen LogP contribution in [0.25, 0.3) is 10.9 Å². The Bertz CT molecular complexity index is 975. The molecule has 0 fully saturated rings. The Morgan fingerprint density at radius 1 is 1.08 bits per heavy atom. The van der Waals surface area contributed by atoms with E-state index in [1.54, 1.807) is 6.07 Å². The first-order valence-corrected chi connectivity index (χ1v) is 7.49. The number of nitrogens with zero attached hydrogens (tertiary/aromatic N) is 1. The number of carboxylic acids is 1. The van der Waals surface area contributed by atoms with Crippen molar-refractivity contribution in [2.24, 2.45) is 0 Å². The van der Waals surface area contributed by atoms with E-state index in [1.165, 1.54) is 30.3 Å². The molecule has 0 amide bonds. The molecule has 0 unspecified atom stereocenters. The summed E-state index contributed by atoms with van der Waals surface area (Å²) >= 11 is 0. The molecule has 3 rings (SSSR count). The molecular weight excluding hydrogens is 357 g/mol. The summed E-state index contributed by atoms with van der Waals surface area (Å²) in [4.78, 5) is 11.6. The van der Waals surface area contributed by atoms with E-state index in [2.05, 4.69) is 0 Å². The van der Waals surface area contributed by atoms with Gasteiger partial charge < -0.3 is 9.67 Å². The van der Waals surface area contributed by atoms with Gasteiger partial charge in [-0.1, -0.05) is 30.3 Å². The summed E-state index contributed by atoms with van der Waals surface area (Å²) in [6.45, 7) is -0.279. The van der Waals surface area contributed by atoms with Gasteiger partial charge in [0.25, 0.3) is 6.43 Å². The Morgan fingerprint density at radius 3 is 2.38 bits per heavy atom. The summed E-state index contributed by atoms with van der Waals surface area (Å²) in [7, 11) is 0. The average Bonchev–Trinajstić information content (AvgIpc) is 2.89. The topological polar surface area (TPSA) is 42.2 Å². The van der Waals surface area contributed by atoms with Crippen LogP contribution in [0.15, 0.2) is 48.5 Å². The van der Waals surface area contributed by atoms with Crippen LogP contribution in [0.1, 0.15) is 33.6 Å². The van der Waals surface area contributed by atoms with Gasteiger partial charge in [0.2, 0.25) is 0 Å². The van der Waals surface area contributed by atoms with E-state index < -0.39 is 35.4 Å². The second kappa shape index (κ2) is 6.44. The summed E-state index contributed by atoms with van der Waals surface area (Å²) in [5.74, 6) is -1.57. The molecule has 0 spiro atoms. The van der Waals surface area contributed by atoms with Gasteiger partial charge in [0.05, 0.1) is 11.1 Å². The zero-order valence-electron chi connectivity index (χ0n) is 13.1. The molecule has 3 aromatic rings. The summed E-state index contributed by atoms with van der Waals surface area (Å²) in [6.07, 6.45) is -7.59. The predicted molar refractivity (Wildman–Crippen MR) is 84.4 cm³/mol. The fourth-order valence-electron chi connectivity index (χ4n) is 2.97. The van der Waals surface area contributed by atoms with E-state index in [1.807, 2.05) is 0 Å². The van der Waals surface area contributed by atoms with Gasteiger partial charge in [-0.2, -0.15) is 13.2 Å². The highest BCUT2D eigenvalue weighted by molar-refractivity contribution is 5.98. The standard InChI is InChI=1S/C18H12F5NO2/c19-16(20)14-12-6-1-2-7-13(12)24(15(14)17(25)26)9-10-4-3-5-11(8-10)18(21,22)23/h1-8,16H,9H2,(H,25,26). The lowest BCUT2D eigenvalue weighted by molar-refractivity contribution is -0.137. The molecule has 0 atom stereocenters. The lowest BCUT2D eigenvalue weighted by Crippen LogP contribution is -2.12. The second-order valence-electron chi connectivity index (χ2n) is 5.67. The Kier molecular flexibility index (Phi) is 4.43. The van der Waals surface area contributed by atoms with E-state index in [4.69, 9.17) is 0 Å². The van der Waals surface area contributed by atoms with Gasteiger partial charge >= 0.3 is 12.1 Å². The monoisotopic (exact) mass is 369 g/mol. The third-order valence-electron chi connectivity index (χ3n) is 4.03. The summed E-state index contributed by atoms with van der Waals surface area (Å²) in [5.41, 5.74) is -1.78. The van der Waals surface area contributed by atoms with Crippen molar-refractivity contribution < 1.29 is 31.9 Å². The van der Waals surface area contributed by atoms with Gasteiger partial charge in [0, 0.05) is 17.4 Å². The summed E-state index contributed by atoms with van der Waals surface area (Å²) in [5, 5.41) is 9.49. The number of aromatic nitrogens is 1. The van der Waals surface area contributed by atoms with Gasteiger partial charge in [-0.15, -0.1) is 0 Å². The summed E-state index contributed by atoms with van der Waals surface area (Å²) < 4.78 is 66.7. The fourth-order valence-corrected chi connectivity index (χ4v) is 2.97. The van der Waals surface area contributed by atoms with Crippen LogP contribution < -0.4 is 0 Å². The van der Waals surface area contributed by atoms with Crippen LogP contribution in [0.4, 0.5) is 22.0 Å². The lowest BCUT2D eigenvalue weighted by atomic mass is 10.1. The van der Waals surface area contributed by atoms with Gasteiger partial charge in [-0.3, -0.25) is 0 Å². The van der Waals surface area contributed by atoms with Crippen molar-refractivity contribution in [1.82, 2.24) is 4.57 Å². The van der Waals surface area contributed by atoms with E-state index in [-0.39, 0.29) is 23.0 Å². The van der Waals surface area contributed by atoms with E-state index >= 15 is 0 Å². The number of carboxylic acid groups (broad SMARTS) is 1.